The second kappa shape index (κ2) is 7.01. The number of aryl methyl sites for hydroxylation is 2. The van der Waals surface area contributed by atoms with Gasteiger partial charge in [-0.3, -0.25) is 4.79 Å². The average molecular weight is 340 g/mol. The number of benzene rings is 2. The van der Waals surface area contributed by atoms with Gasteiger partial charge in [0.05, 0.1) is 16.8 Å². The maximum atomic E-state index is 12.4. The van der Waals surface area contributed by atoms with E-state index in [1.807, 2.05) is 18.5 Å². The zero-order chi connectivity index (χ0) is 17.1. The fraction of sp³-hybridized carbons (Fsp3) is 0.263. The minimum Gasteiger partial charge on any atom is -0.494 e. The first-order valence-electron chi connectivity index (χ1n) is 8.02. The highest BCUT2D eigenvalue weighted by atomic mass is 32.1. The van der Waals surface area contributed by atoms with E-state index in [-0.39, 0.29) is 5.91 Å². The van der Waals surface area contributed by atoms with Crippen LogP contribution in [0.4, 0.5) is 0 Å². The van der Waals surface area contributed by atoms with Crippen molar-refractivity contribution in [2.24, 2.45) is 12.0 Å². The molecule has 0 aliphatic carbocycles. The van der Waals surface area contributed by atoms with Gasteiger partial charge in [-0.2, -0.15) is 4.99 Å². The Hall–Kier alpha value is -2.40. The van der Waals surface area contributed by atoms with E-state index in [0.29, 0.717) is 17.0 Å². The fourth-order valence-electron chi connectivity index (χ4n) is 2.52. The summed E-state index contributed by atoms with van der Waals surface area (Å²) in [5.74, 6) is 0.518. The van der Waals surface area contributed by atoms with E-state index in [0.717, 1.165) is 22.4 Å². The molecule has 4 nitrogen and oxygen atoms in total. The molecule has 1 heterocycles. The molecule has 0 unspecified atom stereocenters. The number of hydrogen-bond acceptors (Lipinski definition) is 3. The highest BCUT2D eigenvalue weighted by molar-refractivity contribution is 7.16. The minimum absolute atomic E-state index is 0.240. The summed E-state index contributed by atoms with van der Waals surface area (Å²) in [6.45, 7) is 4.67. The summed E-state index contributed by atoms with van der Waals surface area (Å²) in [6, 6.07) is 13.5. The molecule has 0 spiro atoms. The summed E-state index contributed by atoms with van der Waals surface area (Å²) >= 11 is 1.54. The van der Waals surface area contributed by atoms with Gasteiger partial charge >= 0.3 is 0 Å². The van der Waals surface area contributed by atoms with E-state index in [2.05, 4.69) is 30.1 Å². The maximum Gasteiger partial charge on any atom is 0.279 e. The number of rotatable bonds is 4. The first kappa shape index (κ1) is 16.5. The standard InChI is InChI=1S/C19H20N2O2S/c1-4-13-6-11-16-17(12-13)24-19(21(16)3)20-18(22)14-7-9-15(10-8-14)23-5-2/h6-12H,4-5H2,1-3H3. The molecule has 5 heteroatoms. The van der Waals surface area contributed by atoms with Crippen molar-refractivity contribution in [2.45, 2.75) is 20.3 Å². The average Bonchev–Trinajstić information content (AvgIpc) is 2.91. The zero-order valence-electron chi connectivity index (χ0n) is 14.1. The van der Waals surface area contributed by atoms with E-state index < -0.39 is 0 Å². The largest absolute Gasteiger partial charge is 0.494 e. The topological polar surface area (TPSA) is 43.6 Å². The van der Waals surface area contributed by atoms with Crippen LogP contribution in [0.15, 0.2) is 47.5 Å². The van der Waals surface area contributed by atoms with Crippen LogP contribution in [0.1, 0.15) is 29.8 Å². The first-order chi connectivity index (χ1) is 11.6. The van der Waals surface area contributed by atoms with Crippen molar-refractivity contribution in [2.75, 3.05) is 6.61 Å². The van der Waals surface area contributed by atoms with E-state index in [9.17, 15) is 4.79 Å². The fourth-order valence-corrected chi connectivity index (χ4v) is 3.60. The Kier molecular flexibility index (Phi) is 4.81. The molecule has 0 aliphatic heterocycles. The lowest BCUT2D eigenvalue weighted by Gasteiger charge is -2.02. The summed E-state index contributed by atoms with van der Waals surface area (Å²) in [6.07, 6.45) is 0.995. The minimum atomic E-state index is -0.240. The van der Waals surface area contributed by atoms with Gasteiger partial charge in [0.2, 0.25) is 0 Å². The lowest BCUT2D eigenvalue weighted by molar-refractivity contribution is 0.0998. The van der Waals surface area contributed by atoms with Gasteiger partial charge in [0.15, 0.2) is 4.80 Å². The van der Waals surface area contributed by atoms with Gasteiger partial charge in [-0.05, 0) is 55.3 Å². The van der Waals surface area contributed by atoms with Crippen molar-refractivity contribution in [3.8, 4) is 5.75 Å². The van der Waals surface area contributed by atoms with Gasteiger partial charge in [-0.1, -0.05) is 24.3 Å². The molecule has 2 aromatic carbocycles. The Labute approximate surface area is 145 Å². The van der Waals surface area contributed by atoms with Crippen LogP contribution in [0, 0.1) is 0 Å². The smallest absolute Gasteiger partial charge is 0.279 e. The summed E-state index contributed by atoms with van der Waals surface area (Å²) in [5.41, 5.74) is 2.94. The predicted molar refractivity (Wildman–Crippen MR) is 97.7 cm³/mol. The van der Waals surface area contributed by atoms with Gasteiger partial charge in [0.1, 0.15) is 5.75 Å². The molecule has 0 fully saturated rings. The Morgan fingerprint density at radius 3 is 2.58 bits per heavy atom. The Balaban J connectivity index is 1.96. The van der Waals surface area contributed by atoms with Crippen LogP contribution in [-0.4, -0.2) is 17.1 Å². The molecule has 3 rings (SSSR count). The van der Waals surface area contributed by atoms with Crippen molar-refractivity contribution >= 4 is 27.5 Å². The Bertz CT molecular complexity index is 936. The Morgan fingerprint density at radius 2 is 1.92 bits per heavy atom. The van der Waals surface area contributed by atoms with E-state index in [1.165, 1.54) is 16.9 Å². The molecule has 3 aromatic rings. The molecule has 0 radical (unpaired) electrons. The number of amides is 1. The summed E-state index contributed by atoms with van der Waals surface area (Å²) in [7, 11) is 1.94. The van der Waals surface area contributed by atoms with Crippen molar-refractivity contribution in [1.29, 1.82) is 0 Å². The Morgan fingerprint density at radius 1 is 1.17 bits per heavy atom. The van der Waals surface area contributed by atoms with Gasteiger partial charge in [-0.25, -0.2) is 0 Å². The first-order valence-corrected chi connectivity index (χ1v) is 8.84. The van der Waals surface area contributed by atoms with E-state index >= 15 is 0 Å². The van der Waals surface area contributed by atoms with Crippen LogP contribution < -0.4 is 9.54 Å². The van der Waals surface area contributed by atoms with Crippen molar-refractivity contribution in [3.63, 3.8) is 0 Å². The lowest BCUT2D eigenvalue weighted by Crippen LogP contribution is -2.13. The predicted octanol–water partition coefficient (Wildman–Crippen LogP) is 3.94. The van der Waals surface area contributed by atoms with Crippen molar-refractivity contribution < 1.29 is 9.53 Å². The molecule has 0 atom stereocenters. The highest BCUT2D eigenvalue weighted by Gasteiger charge is 2.08. The number of hydrogen-bond donors (Lipinski definition) is 0. The second-order valence-electron chi connectivity index (χ2n) is 5.47. The van der Waals surface area contributed by atoms with Gasteiger partial charge < -0.3 is 9.30 Å². The molecule has 1 aromatic heterocycles. The monoisotopic (exact) mass is 340 g/mol. The summed E-state index contributed by atoms with van der Waals surface area (Å²) in [5, 5.41) is 0. The van der Waals surface area contributed by atoms with Crippen LogP contribution >= 0.6 is 11.3 Å². The van der Waals surface area contributed by atoms with Gasteiger partial charge in [-0.15, -0.1) is 0 Å². The SMILES string of the molecule is CCOc1ccc(C(=O)N=c2sc3cc(CC)ccc3n2C)cc1. The molecule has 1 amide bonds. The lowest BCUT2D eigenvalue weighted by atomic mass is 10.2. The molecular formula is C19H20N2O2S. The summed E-state index contributed by atoms with van der Waals surface area (Å²) in [4.78, 5) is 17.4. The van der Waals surface area contributed by atoms with Crippen LogP contribution in [0.2, 0.25) is 0 Å². The molecule has 0 N–H and O–H groups in total. The van der Waals surface area contributed by atoms with E-state index in [4.69, 9.17) is 4.74 Å². The molecule has 0 aliphatic rings. The third-order valence-corrected chi connectivity index (χ3v) is 4.99. The third kappa shape index (κ3) is 3.26. The number of carbonyl (C=O) groups is 1. The van der Waals surface area contributed by atoms with E-state index in [1.54, 1.807) is 24.3 Å². The zero-order valence-corrected chi connectivity index (χ0v) is 14.9. The number of nitrogens with zero attached hydrogens (tertiary/aromatic N) is 2. The van der Waals surface area contributed by atoms with Crippen LogP contribution in [0.25, 0.3) is 10.2 Å². The number of carbonyl (C=O) groups excluding carboxylic acids is 1. The maximum absolute atomic E-state index is 12.4. The second-order valence-corrected chi connectivity index (χ2v) is 6.48. The highest BCUT2D eigenvalue weighted by Crippen LogP contribution is 2.19. The molecule has 124 valence electrons. The van der Waals surface area contributed by atoms with Gasteiger partial charge in [0.25, 0.3) is 5.91 Å². The number of thiazole rings is 1. The molecule has 0 bridgehead atoms. The summed E-state index contributed by atoms with van der Waals surface area (Å²) < 4.78 is 8.51. The third-order valence-electron chi connectivity index (χ3n) is 3.89. The van der Waals surface area contributed by atoms with Crippen molar-refractivity contribution in [3.05, 3.63) is 58.4 Å². The van der Waals surface area contributed by atoms with Crippen LogP contribution in [0.5, 0.6) is 5.75 Å². The van der Waals surface area contributed by atoms with Crippen LogP contribution in [0.3, 0.4) is 0 Å². The molecule has 24 heavy (non-hydrogen) atoms. The molecule has 0 saturated heterocycles. The normalized spacial score (nSPS) is 11.9. The number of ether oxygens (including phenoxy) is 1. The number of aromatic nitrogens is 1. The van der Waals surface area contributed by atoms with Gasteiger partial charge in [0, 0.05) is 12.6 Å². The number of fused-ring (bicyclic) bond motifs is 1. The quantitative estimate of drug-likeness (QED) is 0.722. The molecule has 0 saturated carbocycles. The molecular weight excluding hydrogens is 320 g/mol. The van der Waals surface area contributed by atoms with Crippen LogP contribution in [-0.2, 0) is 13.5 Å². The van der Waals surface area contributed by atoms with Crippen molar-refractivity contribution in [1.82, 2.24) is 4.57 Å².